The third-order valence-electron chi connectivity index (χ3n) is 7.48. The molecule has 0 saturated carbocycles. The molecular formula is C31H37FN4O7S. The number of aliphatic hydroxyl groups is 1. The Bertz CT molecular complexity index is 1570. The second kappa shape index (κ2) is 14.1. The molecule has 4 rings (SSSR count). The number of nitrogens with zero attached hydrogens (tertiary/aromatic N) is 2. The summed E-state index contributed by atoms with van der Waals surface area (Å²) >= 11 is 0. The van der Waals surface area contributed by atoms with E-state index in [0.29, 0.717) is 28.4 Å². The number of amides is 3. The smallest absolute Gasteiger partial charge is 0.323 e. The van der Waals surface area contributed by atoms with Crippen LogP contribution in [0.15, 0.2) is 71.6 Å². The van der Waals surface area contributed by atoms with Crippen molar-refractivity contribution in [3.63, 3.8) is 0 Å². The van der Waals surface area contributed by atoms with Crippen molar-refractivity contribution in [3.8, 4) is 11.5 Å². The summed E-state index contributed by atoms with van der Waals surface area (Å²) in [5.74, 6) is -0.114. The molecule has 44 heavy (non-hydrogen) atoms. The number of aliphatic hydroxyl groups excluding tert-OH is 1. The Morgan fingerprint density at radius 1 is 1.11 bits per heavy atom. The summed E-state index contributed by atoms with van der Waals surface area (Å²) in [4.78, 5) is 27.7. The molecule has 3 aromatic rings. The van der Waals surface area contributed by atoms with Gasteiger partial charge in [0.25, 0.3) is 0 Å². The maximum atomic E-state index is 13.5. The molecule has 3 atom stereocenters. The molecule has 1 aliphatic heterocycles. The summed E-state index contributed by atoms with van der Waals surface area (Å²) in [6.45, 7) is 3.54. The molecule has 0 bridgehead atoms. The number of fused-ring (bicyclic) bond motifs is 1. The van der Waals surface area contributed by atoms with Crippen molar-refractivity contribution in [2.75, 3.05) is 44.5 Å². The van der Waals surface area contributed by atoms with Gasteiger partial charge in [-0.15, -0.1) is 0 Å². The van der Waals surface area contributed by atoms with Crippen LogP contribution in [-0.2, 0) is 21.2 Å². The molecule has 0 saturated heterocycles. The van der Waals surface area contributed by atoms with E-state index in [0.717, 1.165) is 0 Å². The van der Waals surface area contributed by atoms with E-state index in [9.17, 15) is 27.5 Å². The zero-order chi connectivity index (χ0) is 32.0. The van der Waals surface area contributed by atoms with Gasteiger partial charge in [0.15, 0.2) is 0 Å². The number of ether oxygens (including phenoxy) is 2. The van der Waals surface area contributed by atoms with Gasteiger partial charge in [-0.3, -0.25) is 4.79 Å². The van der Waals surface area contributed by atoms with Crippen molar-refractivity contribution >= 4 is 33.3 Å². The average Bonchev–Trinajstić information content (AvgIpc) is 3.05. The van der Waals surface area contributed by atoms with Crippen LogP contribution < -0.4 is 20.1 Å². The lowest BCUT2D eigenvalue weighted by Gasteiger charge is -2.33. The molecule has 236 valence electrons. The second-order valence-corrected chi connectivity index (χ2v) is 12.8. The Balaban J connectivity index is 1.60. The quantitative estimate of drug-likeness (QED) is 0.326. The minimum atomic E-state index is -3.89. The van der Waals surface area contributed by atoms with Crippen LogP contribution in [0.3, 0.4) is 0 Å². The number of anilines is 2. The lowest BCUT2D eigenvalue weighted by molar-refractivity contribution is -0.134. The molecule has 11 nitrogen and oxygen atoms in total. The number of benzene rings is 3. The number of halogens is 1. The van der Waals surface area contributed by atoms with Crippen LogP contribution in [0.1, 0.15) is 19.4 Å². The predicted octanol–water partition coefficient (Wildman–Crippen LogP) is 3.95. The van der Waals surface area contributed by atoms with Gasteiger partial charge in [-0.2, -0.15) is 4.31 Å². The van der Waals surface area contributed by atoms with E-state index in [1.807, 2.05) is 6.92 Å². The van der Waals surface area contributed by atoms with Crippen LogP contribution in [0.25, 0.3) is 0 Å². The number of rotatable bonds is 9. The number of carbonyl (C=O) groups excluding carboxylic acids is 2. The molecule has 13 heteroatoms. The first-order valence-electron chi connectivity index (χ1n) is 14.0. The lowest BCUT2D eigenvalue weighted by atomic mass is 10.0. The van der Waals surface area contributed by atoms with Gasteiger partial charge < -0.3 is 30.1 Å². The Morgan fingerprint density at radius 3 is 2.39 bits per heavy atom. The van der Waals surface area contributed by atoms with E-state index in [1.54, 1.807) is 42.2 Å². The molecule has 0 aliphatic carbocycles. The lowest BCUT2D eigenvalue weighted by Crippen LogP contribution is -2.48. The zero-order valence-corrected chi connectivity index (χ0v) is 25.8. The first-order chi connectivity index (χ1) is 20.9. The number of likely N-dealkylation sites (N-methyl/N-ethyl adjacent to an activating group) is 1. The Morgan fingerprint density at radius 2 is 1.75 bits per heavy atom. The van der Waals surface area contributed by atoms with E-state index >= 15 is 0 Å². The minimum Gasteiger partial charge on any atom is -0.497 e. The van der Waals surface area contributed by atoms with E-state index < -0.39 is 34.0 Å². The van der Waals surface area contributed by atoms with Gasteiger partial charge in [0.2, 0.25) is 15.9 Å². The molecule has 0 unspecified atom stereocenters. The van der Waals surface area contributed by atoms with Gasteiger partial charge in [-0.1, -0.05) is 6.92 Å². The number of urea groups is 1. The Labute approximate surface area is 256 Å². The first kappa shape index (κ1) is 32.7. The molecule has 1 heterocycles. The van der Waals surface area contributed by atoms with Crippen LogP contribution in [-0.4, -0.2) is 80.7 Å². The average molecular weight is 629 g/mol. The highest BCUT2D eigenvalue weighted by molar-refractivity contribution is 7.89. The summed E-state index contributed by atoms with van der Waals surface area (Å²) in [5, 5.41) is 15.2. The highest BCUT2D eigenvalue weighted by Crippen LogP contribution is 2.30. The maximum Gasteiger partial charge on any atom is 0.323 e. The van der Waals surface area contributed by atoms with Gasteiger partial charge in [-0.05, 0) is 73.7 Å². The van der Waals surface area contributed by atoms with Crippen LogP contribution in [0, 0.1) is 11.7 Å². The minimum absolute atomic E-state index is 0.0232. The number of sulfonamides is 1. The number of hydrogen-bond donors (Lipinski definition) is 3. The van der Waals surface area contributed by atoms with Crippen LogP contribution in [0.2, 0.25) is 0 Å². The Kier molecular flexibility index (Phi) is 10.4. The molecule has 3 aromatic carbocycles. The highest BCUT2D eigenvalue weighted by Gasteiger charge is 2.33. The summed E-state index contributed by atoms with van der Waals surface area (Å²) in [6, 6.07) is 15.2. The van der Waals surface area contributed by atoms with Gasteiger partial charge >= 0.3 is 6.03 Å². The summed E-state index contributed by atoms with van der Waals surface area (Å²) < 4.78 is 52.8. The fourth-order valence-electron chi connectivity index (χ4n) is 4.83. The van der Waals surface area contributed by atoms with E-state index in [1.165, 1.54) is 54.9 Å². The summed E-state index contributed by atoms with van der Waals surface area (Å²) in [7, 11) is -0.922. The zero-order valence-electron chi connectivity index (χ0n) is 25.0. The molecule has 3 N–H and O–H groups in total. The van der Waals surface area contributed by atoms with Crippen LogP contribution in [0.4, 0.5) is 20.6 Å². The van der Waals surface area contributed by atoms with Crippen molar-refractivity contribution in [1.82, 2.24) is 9.21 Å². The molecular weight excluding hydrogens is 591 g/mol. The topological polar surface area (TPSA) is 138 Å². The molecule has 0 spiro atoms. The van der Waals surface area contributed by atoms with Crippen LogP contribution in [0.5, 0.6) is 11.5 Å². The van der Waals surface area contributed by atoms with Crippen molar-refractivity contribution in [3.05, 3.63) is 78.1 Å². The fraction of sp³-hybridized carbons (Fsp3) is 0.355. The highest BCUT2D eigenvalue weighted by atomic mass is 32.2. The summed E-state index contributed by atoms with van der Waals surface area (Å²) in [5.41, 5.74) is 1.25. The van der Waals surface area contributed by atoms with E-state index in [4.69, 9.17) is 9.47 Å². The summed E-state index contributed by atoms with van der Waals surface area (Å²) in [6.07, 6.45) is -0.750. The standard InChI is InChI=1S/C31H37FN4O7S/c1-20-17-36(21(2)19-37)30(38)16-22-15-25(34-31(39)33-24-7-5-23(32)6-8-24)9-14-28(22)43-29(20)18-35(3)44(40,41)27-12-10-26(42-4)11-13-27/h5-15,20-21,29,37H,16-19H2,1-4H3,(H2,33,34,39)/t20-,21+,29-/m0/s1. The van der Waals surface area contributed by atoms with Crippen molar-refractivity contribution in [1.29, 1.82) is 0 Å². The normalized spacial score (nSPS) is 17.9. The molecule has 3 amide bonds. The maximum absolute atomic E-state index is 13.5. The number of methoxy groups -OCH3 is 1. The number of hydrogen-bond acceptors (Lipinski definition) is 7. The second-order valence-electron chi connectivity index (χ2n) is 10.8. The Hall–Kier alpha value is -4.20. The number of nitrogens with one attached hydrogen (secondary N) is 2. The van der Waals surface area contributed by atoms with Crippen molar-refractivity contribution in [2.45, 2.75) is 37.3 Å². The van der Waals surface area contributed by atoms with Crippen LogP contribution >= 0.6 is 0 Å². The van der Waals surface area contributed by atoms with Gasteiger partial charge in [0.1, 0.15) is 23.4 Å². The molecule has 0 aromatic heterocycles. The van der Waals surface area contributed by atoms with Crippen molar-refractivity contribution in [2.24, 2.45) is 5.92 Å². The van der Waals surface area contributed by atoms with Gasteiger partial charge in [0, 0.05) is 36.4 Å². The van der Waals surface area contributed by atoms with Crippen molar-refractivity contribution < 1.29 is 37.0 Å². The third kappa shape index (κ3) is 7.84. The molecule has 1 aliphatic rings. The largest absolute Gasteiger partial charge is 0.497 e. The third-order valence-corrected chi connectivity index (χ3v) is 9.32. The van der Waals surface area contributed by atoms with Gasteiger partial charge in [0.05, 0.1) is 37.6 Å². The number of carbonyl (C=O) groups is 2. The SMILES string of the molecule is COc1ccc(S(=O)(=O)N(C)C[C@@H]2Oc3ccc(NC(=O)Nc4ccc(F)cc4)cc3CC(=O)N([C@H](C)CO)C[C@@H]2C)cc1. The predicted molar refractivity (Wildman–Crippen MR) is 164 cm³/mol. The first-order valence-corrected chi connectivity index (χ1v) is 15.5. The molecule has 0 fully saturated rings. The van der Waals surface area contributed by atoms with Gasteiger partial charge in [-0.25, -0.2) is 17.6 Å². The van der Waals surface area contributed by atoms with E-state index in [2.05, 4.69) is 10.6 Å². The molecule has 0 radical (unpaired) electrons. The fourth-order valence-corrected chi connectivity index (χ4v) is 6.01. The monoisotopic (exact) mass is 628 g/mol. The van der Waals surface area contributed by atoms with E-state index in [-0.39, 0.29) is 42.8 Å².